The Labute approximate surface area is 69.4 Å². The summed E-state index contributed by atoms with van der Waals surface area (Å²) in [5.74, 6) is 0. The summed E-state index contributed by atoms with van der Waals surface area (Å²) in [6, 6.07) is 0. The predicted octanol–water partition coefficient (Wildman–Crippen LogP) is 1.70. The molecule has 2 N–H and O–H groups in total. The van der Waals surface area contributed by atoms with Gasteiger partial charge >= 0.3 is 0 Å². The van der Waals surface area contributed by atoms with E-state index in [2.05, 4.69) is 11.9 Å². The van der Waals surface area contributed by atoms with Gasteiger partial charge in [0.1, 0.15) is 0 Å². The summed E-state index contributed by atoms with van der Waals surface area (Å²) in [7, 11) is 0. The second-order valence-corrected chi connectivity index (χ2v) is 2.85. The van der Waals surface area contributed by atoms with Gasteiger partial charge in [0.2, 0.25) is 0 Å². The first-order chi connectivity index (χ1) is 4.27. The van der Waals surface area contributed by atoms with Gasteiger partial charge in [-0.25, -0.2) is 0 Å². The molecule has 0 bridgehead atoms. The summed E-state index contributed by atoms with van der Waals surface area (Å²) < 4.78 is 0.771. The fraction of sp³-hybridized carbons (Fsp3) is 0.500. The van der Waals surface area contributed by atoms with E-state index in [4.69, 9.17) is 5.73 Å². The van der Waals surface area contributed by atoms with Gasteiger partial charge in [0, 0.05) is 12.8 Å². The van der Waals surface area contributed by atoms with Crippen molar-refractivity contribution in [3.63, 3.8) is 0 Å². The molecule has 0 spiro atoms. The van der Waals surface area contributed by atoms with Crippen LogP contribution in [0.4, 0.5) is 0 Å². The second-order valence-electron chi connectivity index (χ2n) is 1.61. The number of halogens is 1. The Bertz CT molecular complexity index is 114. The third kappa shape index (κ3) is 7.94. The van der Waals surface area contributed by atoms with Crippen LogP contribution in [0.15, 0.2) is 14.8 Å². The molecule has 0 heterocycles. The van der Waals surface area contributed by atoms with Crippen LogP contribution in [0.3, 0.4) is 0 Å². The van der Waals surface area contributed by atoms with Crippen molar-refractivity contribution in [3.8, 4) is 0 Å². The summed E-state index contributed by atoms with van der Waals surface area (Å²) in [5, 5.41) is 0. The molecule has 52 valence electrons. The molecule has 0 rings (SSSR count). The molecule has 0 radical (unpaired) electrons. The highest BCUT2D eigenvalue weighted by Gasteiger charge is 1.73. The lowest BCUT2D eigenvalue weighted by molar-refractivity contribution is 0.937. The quantitative estimate of drug-likeness (QED) is 0.453. The van der Waals surface area contributed by atoms with Gasteiger partial charge in [-0.15, -0.1) is 0 Å². The van der Waals surface area contributed by atoms with Gasteiger partial charge in [-0.1, -0.05) is 6.92 Å². The molecule has 0 fully saturated rings. The number of aliphatic imine (C=N–C) groups is 1. The largest absolute Gasteiger partial charge is 0.394 e. The lowest BCUT2D eigenvalue weighted by Gasteiger charge is -1.82. The number of nitrogens with two attached hydrogens (primary N) is 1. The molecule has 0 saturated carbocycles. The lowest BCUT2D eigenvalue weighted by Crippen LogP contribution is -1.86. The maximum atomic E-state index is 5.33. The molecule has 0 aliphatic rings. The minimum atomic E-state index is 0.771. The number of hydrogen-bond donors (Lipinski definition) is 1. The molecule has 9 heavy (non-hydrogen) atoms. The fourth-order valence-electron chi connectivity index (χ4n) is 0.328. The average Bonchev–Trinajstić information content (AvgIpc) is 1.80. The Morgan fingerprint density at radius 2 is 2.44 bits per heavy atom. The fourth-order valence-corrected chi connectivity index (χ4v) is 0.488. The van der Waals surface area contributed by atoms with Crippen LogP contribution in [-0.4, -0.2) is 12.8 Å². The zero-order valence-corrected chi connectivity index (χ0v) is 7.63. The van der Waals surface area contributed by atoms with Crippen LogP contribution in [0, 0.1) is 0 Å². The minimum Gasteiger partial charge on any atom is -0.394 e. The normalized spacial score (nSPS) is 12.9. The highest BCUT2D eigenvalue weighted by Crippen LogP contribution is 1.91. The van der Waals surface area contributed by atoms with E-state index >= 15 is 0 Å². The molecule has 0 saturated heterocycles. The van der Waals surface area contributed by atoms with Crippen LogP contribution in [0.2, 0.25) is 0 Å². The van der Waals surface area contributed by atoms with Crippen LogP contribution in [-0.2, 0) is 0 Å². The summed E-state index contributed by atoms with van der Waals surface area (Å²) in [4.78, 5) is 4.04. The van der Waals surface area contributed by atoms with Crippen molar-refractivity contribution in [1.82, 2.24) is 0 Å². The Hall–Kier alpha value is -0.0600. The molecule has 0 aromatic rings. The Morgan fingerprint density at radius 1 is 1.78 bits per heavy atom. The molecular formula is C6H11IN2. The van der Waals surface area contributed by atoms with Crippen LogP contribution in [0.1, 0.15) is 13.3 Å². The number of allylic oxidation sites excluding steroid dienone is 1. The monoisotopic (exact) mass is 238 g/mol. The van der Waals surface area contributed by atoms with Crippen molar-refractivity contribution in [1.29, 1.82) is 0 Å². The van der Waals surface area contributed by atoms with E-state index in [-0.39, 0.29) is 0 Å². The maximum absolute atomic E-state index is 5.33. The summed E-state index contributed by atoms with van der Waals surface area (Å²) >= 11 is 2.04. The van der Waals surface area contributed by atoms with Crippen molar-refractivity contribution in [2.45, 2.75) is 13.3 Å². The first-order valence-electron chi connectivity index (χ1n) is 2.88. The van der Waals surface area contributed by atoms with Crippen LogP contribution >= 0.6 is 22.6 Å². The Kier molecular flexibility index (Phi) is 6.03. The molecule has 0 amide bonds. The molecule has 0 aliphatic carbocycles. The predicted molar refractivity (Wildman–Crippen MR) is 49.9 cm³/mol. The molecule has 0 unspecified atom stereocenters. The van der Waals surface area contributed by atoms with E-state index in [1.165, 1.54) is 0 Å². The van der Waals surface area contributed by atoms with Crippen LogP contribution < -0.4 is 5.73 Å². The molecule has 2 nitrogen and oxygen atoms in total. The number of hydrogen-bond acceptors (Lipinski definition) is 2. The van der Waals surface area contributed by atoms with Gasteiger partial charge in [0.15, 0.2) is 0 Å². The van der Waals surface area contributed by atoms with E-state index in [0.29, 0.717) is 0 Å². The zero-order chi connectivity index (χ0) is 7.11. The summed E-state index contributed by atoms with van der Waals surface area (Å²) in [5.41, 5.74) is 5.33. The molecule has 0 aromatic carbocycles. The van der Waals surface area contributed by atoms with Crippen molar-refractivity contribution < 1.29 is 0 Å². The van der Waals surface area contributed by atoms with E-state index in [1.54, 1.807) is 12.3 Å². The van der Waals surface area contributed by atoms with Gasteiger partial charge in [0.25, 0.3) is 0 Å². The van der Waals surface area contributed by atoms with Gasteiger partial charge in [-0.2, -0.15) is 0 Å². The number of rotatable bonds is 3. The number of nitrogens with zero attached hydrogens (tertiary/aromatic N) is 1. The highest BCUT2D eigenvalue weighted by atomic mass is 127. The summed E-state index contributed by atoms with van der Waals surface area (Å²) in [6.07, 6.45) is 4.62. The second kappa shape index (κ2) is 6.07. The van der Waals surface area contributed by atoms with E-state index in [1.807, 2.05) is 22.6 Å². The highest BCUT2D eigenvalue weighted by molar-refractivity contribution is 14.1. The topological polar surface area (TPSA) is 38.4 Å². The van der Waals surface area contributed by atoms with Gasteiger partial charge in [0.05, 0.1) is 3.70 Å². The third-order valence-corrected chi connectivity index (χ3v) is 1.05. The molecule has 0 atom stereocenters. The van der Waals surface area contributed by atoms with Crippen molar-refractivity contribution in [2.75, 3.05) is 6.54 Å². The minimum absolute atomic E-state index is 0.771. The average molecular weight is 238 g/mol. The molecule has 3 heteroatoms. The van der Waals surface area contributed by atoms with Crippen molar-refractivity contribution >= 4 is 28.8 Å². The lowest BCUT2D eigenvalue weighted by atomic mass is 10.5. The summed E-state index contributed by atoms with van der Waals surface area (Å²) in [6.45, 7) is 2.98. The van der Waals surface area contributed by atoms with E-state index in [9.17, 15) is 0 Å². The molecule has 0 aliphatic heterocycles. The Balaban J connectivity index is 3.35. The van der Waals surface area contributed by atoms with Crippen LogP contribution in [0.5, 0.6) is 0 Å². The molecule has 0 aromatic heterocycles. The van der Waals surface area contributed by atoms with Crippen LogP contribution in [0.25, 0.3) is 0 Å². The van der Waals surface area contributed by atoms with Crippen molar-refractivity contribution in [2.24, 2.45) is 10.7 Å². The van der Waals surface area contributed by atoms with Gasteiger partial charge in [-0.05, 0) is 35.1 Å². The zero-order valence-electron chi connectivity index (χ0n) is 5.47. The van der Waals surface area contributed by atoms with Gasteiger partial charge < -0.3 is 5.73 Å². The first kappa shape index (κ1) is 8.94. The van der Waals surface area contributed by atoms with Gasteiger partial charge in [-0.3, -0.25) is 4.99 Å². The maximum Gasteiger partial charge on any atom is 0.0721 e. The molecular weight excluding hydrogens is 227 g/mol. The SMILES string of the molecule is CCC/N=C\C=C(/N)I. The van der Waals surface area contributed by atoms with E-state index < -0.39 is 0 Å². The standard InChI is InChI=1S/C6H11IN2/c1-2-4-9-5-3-6(7)8/h3,5H,2,4,8H2,1H3/b6-3-,9-5-. The smallest absolute Gasteiger partial charge is 0.0721 e. The first-order valence-corrected chi connectivity index (χ1v) is 3.96. The Morgan fingerprint density at radius 3 is 2.89 bits per heavy atom. The third-order valence-electron chi connectivity index (χ3n) is 0.692. The van der Waals surface area contributed by atoms with E-state index in [0.717, 1.165) is 16.7 Å². The van der Waals surface area contributed by atoms with Crippen molar-refractivity contribution in [3.05, 3.63) is 9.78 Å².